The van der Waals surface area contributed by atoms with Gasteiger partial charge in [-0.2, -0.15) is 0 Å². The van der Waals surface area contributed by atoms with Gasteiger partial charge in [-0.15, -0.1) is 0 Å². The molecule has 0 bridgehead atoms. The number of ether oxygens (including phenoxy) is 1. The van der Waals surface area contributed by atoms with Crippen molar-refractivity contribution in [1.82, 2.24) is 9.55 Å². The average molecular weight is 243 g/mol. The number of carbonyl (C=O) groups is 1. The summed E-state index contributed by atoms with van der Waals surface area (Å²) in [5, 5.41) is 3.32. The molecule has 0 spiro atoms. The minimum Gasteiger partial charge on any atom is -0.465 e. The molecule has 3 rings (SSSR count). The number of esters is 1. The Morgan fingerprint density at radius 1 is 1.56 bits per heavy atom. The molecule has 0 aromatic carbocycles. The highest BCUT2D eigenvalue weighted by Crippen LogP contribution is 2.29. The highest BCUT2D eigenvalue weighted by molar-refractivity contribution is 5.91. The molecule has 1 aliphatic heterocycles. The zero-order valence-corrected chi connectivity index (χ0v) is 10.0. The number of nitrogens with zero attached hydrogens (tertiary/aromatic N) is 2. The number of anilines is 1. The van der Waals surface area contributed by atoms with Gasteiger partial charge >= 0.3 is 5.97 Å². The van der Waals surface area contributed by atoms with E-state index in [2.05, 4.69) is 10.3 Å². The molecule has 0 saturated heterocycles. The number of pyridine rings is 1. The number of aromatic nitrogens is 2. The molecule has 18 heavy (non-hydrogen) atoms. The highest BCUT2D eigenvalue weighted by Gasteiger charge is 2.18. The molecule has 0 fully saturated rings. The Bertz CT molecular complexity index is 604. The van der Waals surface area contributed by atoms with Crippen molar-refractivity contribution in [1.29, 1.82) is 0 Å². The third-order valence-corrected chi connectivity index (χ3v) is 3.04. The van der Waals surface area contributed by atoms with Crippen LogP contribution < -0.4 is 5.32 Å². The summed E-state index contributed by atoms with van der Waals surface area (Å²) in [5.41, 5.74) is 3.36. The number of hydrogen-bond acceptors (Lipinski definition) is 4. The number of rotatable bonds is 1. The van der Waals surface area contributed by atoms with Gasteiger partial charge in [-0.25, -0.2) is 4.79 Å². The lowest BCUT2D eigenvalue weighted by Gasteiger charge is -2.04. The van der Waals surface area contributed by atoms with Crippen LogP contribution in [0.3, 0.4) is 0 Å². The molecular weight excluding hydrogens is 230 g/mol. The van der Waals surface area contributed by atoms with Crippen LogP contribution in [-0.2, 0) is 11.3 Å². The van der Waals surface area contributed by atoms with Crippen molar-refractivity contribution in [2.75, 3.05) is 19.0 Å². The number of fused-ring (bicyclic) bond motifs is 3. The van der Waals surface area contributed by atoms with Gasteiger partial charge in [0.25, 0.3) is 0 Å². The second-order valence-electron chi connectivity index (χ2n) is 4.13. The quantitative estimate of drug-likeness (QED) is 0.775. The Balaban J connectivity index is 2.15. The summed E-state index contributed by atoms with van der Waals surface area (Å²) in [6, 6.07) is 5.71. The first-order valence-corrected chi connectivity index (χ1v) is 5.77. The van der Waals surface area contributed by atoms with Crippen LogP contribution in [0.25, 0.3) is 11.4 Å². The van der Waals surface area contributed by atoms with Crippen LogP contribution in [-0.4, -0.2) is 29.2 Å². The number of hydrogen-bond donors (Lipinski definition) is 1. The molecule has 1 aliphatic rings. The second kappa shape index (κ2) is 4.18. The Morgan fingerprint density at radius 3 is 3.28 bits per heavy atom. The zero-order chi connectivity index (χ0) is 12.5. The van der Waals surface area contributed by atoms with E-state index in [0.717, 1.165) is 30.2 Å². The molecule has 0 amide bonds. The first-order chi connectivity index (χ1) is 8.79. The minimum atomic E-state index is -0.319. The lowest BCUT2D eigenvalue weighted by molar-refractivity contribution is 0.0600. The summed E-state index contributed by atoms with van der Waals surface area (Å²) in [7, 11) is 1.39. The van der Waals surface area contributed by atoms with Gasteiger partial charge in [0.05, 0.1) is 24.1 Å². The third kappa shape index (κ3) is 1.64. The van der Waals surface area contributed by atoms with Crippen molar-refractivity contribution in [3.8, 4) is 11.4 Å². The molecule has 2 aromatic heterocycles. The Hall–Kier alpha value is -2.30. The molecule has 5 nitrogen and oxygen atoms in total. The van der Waals surface area contributed by atoms with Gasteiger partial charge < -0.3 is 14.6 Å². The summed E-state index contributed by atoms with van der Waals surface area (Å²) in [6.07, 6.45) is 3.56. The third-order valence-electron chi connectivity index (χ3n) is 3.04. The van der Waals surface area contributed by atoms with E-state index in [1.807, 2.05) is 29.0 Å². The average Bonchev–Trinajstić information content (AvgIpc) is 2.75. The van der Waals surface area contributed by atoms with Crippen molar-refractivity contribution >= 4 is 11.7 Å². The molecule has 5 heteroatoms. The number of methoxy groups -OCH3 is 1. The van der Waals surface area contributed by atoms with E-state index in [1.54, 1.807) is 6.20 Å². The standard InChI is InChI=1S/C13H13N3O2/c1-18-13(17)9-7-11-12-10(3-2-4-15-12)14-5-6-16(11)8-9/h2-4,7-8,14H,5-6H2,1H3. The zero-order valence-electron chi connectivity index (χ0n) is 10.0. The maximum Gasteiger partial charge on any atom is 0.339 e. The van der Waals surface area contributed by atoms with E-state index >= 15 is 0 Å². The molecule has 0 aliphatic carbocycles. The molecule has 92 valence electrons. The summed E-state index contributed by atoms with van der Waals surface area (Å²) >= 11 is 0. The first kappa shape index (κ1) is 10.8. The monoisotopic (exact) mass is 243 g/mol. The van der Waals surface area contributed by atoms with Crippen LogP contribution in [0.2, 0.25) is 0 Å². The smallest absolute Gasteiger partial charge is 0.339 e. The topological polar surface area (TPSA) is 56.1 Å². The predicted octanol–water partition coefficient (Wildman–Crippen LogP) is 1.76. The van der Waals surface area contributed by atoms with Gasteiger partial charge in [0, 0.05) is 25.5 Å². The first-order valence-electron chi connectivity index (χ1n) is 5.77. The fraction of sp³-hybridized carbons (Fsp3) is 0.231. The van der Waals surface area contributed by atoms with Crippen LogP contribution >= 0.6 is 0 Å². The fourth-order valence-corrected chi connectivity index (χ4v) is 2.19. The van der Waals surface area contributed by atoms with Crippen molar-refractivity contribution < 1.29 is 9.53 Å². The van der Waals surface area contributed by atoms with Gasteiger partial charge in [0.15, 0.2) is 0 Å². The summed E-state index contributed by atoms with van der Waals surface area (Å²) in [5.74, 6) is -0.319. The van der Waals surface area contributed by atoms with E-state index in [9.17, 15) is 4.79 Å². The van der Waals surface area contributed by atoms with Gasteiger partial charge in [0.2, 0.25) is 0 Å². The molecule has 0 unspecified atom stereocenters. The summed E-state index contributed by atoms with van der Waals surface area (Å²) in [6.45, 7) is 1.60. The van der Waals surface area contributed by atoms with E-state index in [1.165, 1.54) is 7.11 Å². The molecule has 2 aromatic rings. The lowest BCUT2D eigenvalue weighted by Crippen LogP contribution is -2.07. The van der Waals surface area contributed by atoms with Crippen LogP contribution in [0.4, 0.5) is 5.69 Å². The predicted molar refractivity (Wildman–Crippen MR) is 67.5 cm³/mol. The Morgan fingerprint density at radius 2 is 2.44 bits per heavy atom. The Labute approximate surface area is 104 Å². The number of nitrogens with one attached hydrogen (secondary N) is 1. The van der Waals surface area contributed by atoms with E-state index < -0.39 is 0 Å². The SMILES string of the molecule is COC(=O)c1cc2n(c1)CCNc1cccnc1-2. The maximum atomic E-state index is 11.6. The Kier molecular flexibility index (Phi) is 2.51. The lowest BCUT2D eigenvalue weighted by atomic mass is 10.2. The second-order valence-corrected chi connectivity index (χ2v) is 4.13. The van der Waals surface area contributed by atoms with E-state index in [4.69, 9.17) is 4.74 Å². The van der Waals surface area contributed by atoms with Crippen molar-refractivity contribution in [3.05, 3.63) is 36.2 Å². The highest BCUT2D eigenvalue weighted by atomic mass is 16.5. The molecule has 0 saturated carbocycles. The molecule has 1 N–H and O–H groups in total. The molecular formula is C13H13N3O2. The summed E-state index contributed by atoms with van der Waals surface area (Å²) < 4.78 is 6.77. The van der Waals surface area contributed by atoms with Crippen molar-refractivity contribution in [3.63, 3.8) is 0 Å². The van der Waals surface area contributed by atoms with E-state index in [0.29, 0.717) is 5.56 Å². The van der Waals surface area contributed by atoms with Crippen LogP contribution in [0.5, 0.6) is 0 Å². The van der Waals surface area contributed by atoms with E-state index in [-0.39, 0.29) is 5.97 Å². The van der Waals surface area contributed by atoms with Crippen molar-refractivity contribution in [2.24, 2.45) is 0 Å². The molecule has 0 atom stereocenters. The van der Waals surface area contributed by atoms with Crippen LogP contribution in [0.1, 0.15) is 10.4 Å². The largest absolute Gasteiger partial charge is 0.465 e. The molecule has 3 heterocycles. The normalized spacial score (nSPS) is 12.9. The van der Waals surface area contributed by atoms with Gasteiger partial charge in [0.1, 0.15) is 5.69 Å². The minimum absolute atomic E-state index is 0.319. The summed E-state index contributed by atoms with van der Waals surface area (Å²) in [4.78, 5) is 15.9. The fourth-order valence-electron chi connectivity index (χ4n) is 2.19. The van der Waals surface area contributed by atoms with Crippen molar-refractivity contribution in [2.45, 2.75) is 6.54 Å². The number of carbonyl (C=O) groups excluding carboxylic acids is 1. The molecule has 0 radical (unpaired) electrons. The van der Waals surface area contributed by atoms with Crippen LogP contribution in [0, 0.1) is 0 Å². The van der Waals surface area contributed by atoms with Gasteiger partial charge in [-0.3, -0.25) is 4.98 Å². The van der Waals surface area contributed by atoms with Gasteiger partial charge in [-0.1, -0.05) is 0 Å². The maximum absolute atomic E-state index is 11.6. The van der Waals surface area contributed by atoms with Gasteiger partial charge in [-0.05, 0) is 18.2 Å². The van der Waals surface area contributed by atoms with Crippen LogP contribution in [0.15, 0.2) is 30.6 Å².